The average molecular weight is 293 g/mol. The highest BCUT2D eigenvalue weighted by Crippen LogP contribution is 2.40. The van der Waals surface area contributed by atoms with E-state index in [4.69, 9.17) is 17.3 Å². The van der Waals surface area contributed by atoms with Crippen molar-refractivity contribution >= 4 is 17.3 Å². The number of hydrogen-bond acceptors (Lipinski definition) is 2. The Bertz CT molecular complexity index is 458. The van der Waals surface area contributed by atoms with Gasteiger partial charge in [-0.15, -0.1) is 0 Å². The molecule has 0 bridgehead atoms. The van der Waals surface area contributed by atoms with E-state index in [0.29, 0.717) is 6.54 Å². The summed E-state index contributed by atoms with van der Waals surface area (Å²) in [5.41, 5.74) is 8.38. The summed E-state index contributed by atoms with van der Waals surface area (Å²) in [6, 6.07) is 7.06. The van der Waals surface area contributed by atoms with Crippen LogP contribution in [-0.4, -0.2) is 19.1 Å². The summed E-state index contributed by atoms with van der Waals surface area (Å²) in [7, 11) is 0. The molecule has 2 atom stereocenters. The second-order valence-corrected chi connectivity index (χ2v) is 6.63. The molecule has 2 N–H and O–H groups in total. The number of benzene rings is 1. The van der Waals surface area contributed by atoms with Gasteiger partial charge in [-0.2, -0.15) is 0 Å². The van der Waals surface area contributed by atoms with E-state index in [2.05, 4.69) is 17.0 Å². The van der Waals surface area contributed by atoms with Crippen molar-refractivity contribution in [1.82, 2.24) is 0 Å². The fourth-order valence-electron chi connectivity index (χ4n) is 4.13. The summed E-state index contributed by atoms with van der Waals surface area (Å²) in [5, 5.41) is 0.880. The monoisotopic (exact) mass is 292 g/mol. The van der Waals surface area contributed by atoms with Crippen molar-refractivity contribution in [2.45, 2.75) is 51.0 Å². The molecule has 2 nitrogen and oxygen atoms in total. The lowest BCUT2D eigenvalue weighted by molar-refractivity contribution is 0.243. The maximum atomic E-state index is 6.42. The molecule has 20 heavy (non-hydrogen) atoms. The number of anilines is 1. The molecule has 110 valence electrons. The standard InChI is InChI=1S/C17H25ClN2/c18-15-7-3-9-17(14(15)10-11-19)20-12-4-6-13-5-1-2-8-16(13)20/h3,7,9,13,16H,1-2,4-6,8,10-12,19H2. The van der Waals surface area contributed by atoms with Crippen molar-refractivity contribution in [3.8, 4) is 0 Å². The van der Waals surface area contributed by atoms with Gasteiger partial charge in [-0.3, -0.25) is 0 Å². The van der Waals surface area contributed by atoms with Crippen LogP contribution in [0.2, 0.25) is 5.02 Å². The number of halogens is 1. The van der Waals surface area contributed by atoms with Gasteiger partial charge in [-0.1, -0.05) is 30.5 Å². The van der Waals surface area contributed by atoms with Crippen molar-refractivity contribution in [2.24, 2.45) is 11.7 Å². The minimum atomic E-state index is 0.665. The number of piperidine rings is 1. The van der Waals surface area contributed by atoms with Gasteiger partial charge in [-0.25, -0.2) is 0 Å². The molecule has 1 saturated heterocycles. The van der Waals surface area contributed by atoms with Crippen molar-refractivity contribution in [3.05, 3.63) is 28.8 Å². The van der Waals surface area contributed by atoms with Crippen LogP contribution in [0.3, 0.4) is 0 Å². The lowest BCUT2D eigenvalue weighted by atomic mass is 9.78. The van der Waals surface area contributed by atoms with E-state index in [1.807, 2.05) is 6.07 Å². The highest BCUT2D eigenvalue weighted by molar-refractivity contribution is 6.31. The van der Waals surface area contributed by atoms with Crippen LogP contribution in [0.25, 0.3) is 0 Å². The summed E-state index contributed by atoms with van der Waals surface area (Å²) in [4.78, 5) is 2.64. The highest BCUT2D eigenvalue weighted by Gasteiger charge is 2.34. The van der Waals surface area contributed by atoms with Crippen molar-refractivity contribution in [2.75, 3.05) is 18.0 Å². The van der Waals surface area contributed by atoms with Gasteiger partial charge in [0.15, 0.2) is 0 Å². The van der Waals surface area contributed by atoms with Crippen LogP contribution in [0.15, 0.2) is 18.2 Å². The molecule has 2 aliphatic rings. The summed E-state index contributed by atoms with van der Waals surface area (Å²) in [5.74, 6) is 0.891. The van der Waals surface area contributed by atoms with E-state index >= 15 is 0 Å². The van der Waals surface area contributed by atoms with E-state index in [1.165, 1.54) is 56.3 Å². The van der Waals surface area contributed by atoms with Crippen LogP contribution in [0.4, 0.5) is 5.69 Å². The minimum absolute atomic E-state index is 0.665. The Kier molecular flexibility index (Phi) is 4.52. The van der Waals surface area contributed by atoms with E-state index in [-0.39, 0.29) is 0 Å². The Morgan fingerprint density at radius 3 is 2.80 bits per heavy atom. The Balaban J connectivity index is 1.92. The number of fused-ring (bicyclic) bond motifs is 1. The van der Waals surface area contributed by atoms with Crippen molar-refractivity contribution in [3.63, 3.8) is 0 Å². The maximum absolute atomic E-state index is 6.42. The molecule has 0 aromatic heterocycles. The molecule has 1 aliphatic carbocycles. The molecule has 3 rings (SSSR count). The predicted molar refractivity (Wildman–Crippen MR) is 86.5 cm³/mol. The quantitative estimate of drug-likeness (QED) is 0.912. The highest BCUT2D eigenvalue weighted by atomic mass is 35.5. The molecule has 1 aromatic rings. The summed E-state index contributed by atoms with van der Waals surface area (Å²) in [6.07, 6.45) is 9.16. The summed E-state index contributed by atoms with van der Waals surface area (Å²) >= 11 is 6.42. The van der Waals surface area contributed by atoms with Gasteiger partial charge in [0, 0.05) is 23.3 Å². The minimum Gasteiger partial charge on any atom is -0.368 e. The van der Waals surface area contributed by atoms with E-state index in [0.717, 1.165) is 23.4 Å². The molecule has 1 heterocycles. The van der Waals surface area contributed by atoms with Gasteiger partial charge in [0.1, 0.15) is 0 Å². The number of nitrogens with zero attached hydrogens (tertiary/aromatic N) is 1. The number of hydrogen-bond donors (Lipinski definition) is 1. The SMILES string of the molecule is NCCc1c(Cl)cccc1N1CCCC2CCCCC21. The Morgan fingerprint density at radius 1 is 1.15 bits per heavy atom. The maximum Gasteiger partial charge on any atom is 0.0459 e. The first-order valence-corrected chi connectivity index (χ1v) is 8.43. The third kappa shape index (κ3) is 2.68. The average Bonchev–Trinajstić information content (AvgIpc) is 2.49. The van der Waals surface area contributed by atoms with E-state index in [1.54, 1.807) is 0 Å². The van der Waals surface area contributed by atoms with E-state index < -0.39 is 0 Å². The van der Waals surface area contributed by atoms with Crippen LogP contribution in [-0.2, 0) is 6.42 Å². The molecule has 1 aliphatic heterocycles. The lowest BCUT2D eigenvalue weighted by Gasteiger charge is -2.46. The van der Waals surface area contributed by atoms with Crippen LogP contribution < -0.4 is 10.6 Å². The van der Waals surface area contributed by atoms with Gasteiger partial charge in [0.25, 0.3) is 0 Å². The van der Waals surface area contributed by atoms with E-state index in [9.17, 15) is 0 Å². The fourth-order valence-corrected chi connectivity index (χ4v) is 4.40. The number of nitrogens with two attached hydrogens (primary N) is 1. The lowest BCUT2D eigenvalue weighted by Crippen LogP contribution is -2.47. The molecule has 2 fully saturated rings. The third-order valence-corrected chi connectivity index (χ3v) is 5.40. The van der Waals surface area contributed by atoms with Gasteiger partial charge in [-0.05, 0) is 62.3 Å². The third-order valence-electron chi connectivity index (χ3n) is 5.04. The van der Waals surface area contributed by atoms with Crippen LogP contribution in [0.5, 0.6) is 0 Å². The van der Waals surface area contributed by atoms with Crippen molar-refractivity contribution in [1.29, 1.82) is 0 Å². The topological polar surface area (TPSA) is 29.3 Å². The second-order valence-electron chi connectivity index (χ2n) is 6.22. The fraction of sp³-hybridized carbons (Fsp3) is 0.647. The molecule has 1 saturated carbocycles. The van der Waals surface area contributed by atoms with Gasteiger partial charge in [0.05, 0.1) is 0 Å². The first kappa shape index (κ1) is 14.2. The Labute approximate surface area is 127 Å². The largest absolute Gasteiger partial charge is 0.368 e. The first-order valence-electron chi connectivity index (χ1n) is 8.05. The molecule has 2 unspecified atom stereocenters. The van der Waals surface area contributed by atoms with Crippen LogP contribution >= 0.6 is 11.6 Å². The molecule has 3 heteroatoms. The Morgan fingerprint density at radius 2 is 1.95 bits per heavy atom. The molecule has 0 radical (unpaired) electrons. The zero-order valence-electron chi connectivity index (χ0n) is 12.2. The molecule has 0 spiro atoms. The normalized spacial score (nSPS) is 26.4. The molecular formula is C17H25ClN2. The molecular weight excluding hydrogens is 268 g/mol. The predicted octanol–water partition coefficient (Wildman–Crippen LogP) is 4.00. The second kappa shape index (κ2) is 6.36. The summed E-state index contributed by atoms with van der Waals surface area (Å²) in [6.45, 7) is 1.84. The molecule has 0 amide bonds. The summed E-state index contributed by atoms with van der Waals surface area (Å²) < 4.78 is 0. The van der Waals surface area contributed by atoms with Gasteiger partial charge < -0.3 is 10.6 Å². The zero-order chi connectivity index (χ0) is 13.9. The van der Waals surface area contributed by atoms with Crippen LogP contribution in [0, 0.1) is 5.92 Å². The van der Waals surface area contributed by atoms with Gasteiger partial charge >= 0.3 is 0 Å². The van der Waals surface area contributed by atoms with Gasteiger partial charge in [0.2, 0.25) is 0 Å². The van der Waals surface area contributed by atoms with Crippen LogP contribution in [0.1, 0.15) is 44.1 Å². The Hall–Kier alpha value is -0.730. The number of rotatable bonds is 3. The van der Waals surface area contributed by atoms with Crippen molar-refractivity contribution < 1.29 is 0 Å². The first-order chi connectivity index (χ1) is 9.81. The zero-order valence-corrected chi connectivity index (χ0v) is 12.9. The molecule has 1 aromatic carbocycles. The smallest absolute Gasteiger partial charge is 0.0459 e.